The number of ether oxygens (including phenoxy) is 1. The number of sulfonamides is 1. The first-order valence-electron chi connectivity index (χ1n) is 12.5. The van der Waals surface area contributed by atoms with Crippen molar-refractivity contribution < 1.29 is 32.0 Å². The summed E-state index contributed by atoms with van der Waals surface area (Å²) in [6, 6.07) is 14.2. The fourth-order valence-corrected chi connectivity index (χ4v) is 6.32. The van der Waals surface area contributed by atoms with Crippen LogP contribution in [0.1, 0.15) is 24.8 Å². The second-order valence-corrected chi connectivity index (χ2v) is 11.6. The largest absolute Gasteiger partial charge is 0.445 e. The standard InChI is InChI=1S/C26H29FN4O6S/c27-21-6-8-22(9-7-21)38(34,35)31-12-10-26(11-13-31)18-23(28-37-26)24(32)29-14-16-30(17-15-29)25(33)36-19-20-4-2-1-3-5-20/h1-9H,10-19H2. The molecule has 0 bridgehead atoms. The molecule has 38 heavy (non-hydrogen) atoms. The van der Waals surface area contributed by atoms with Gasteiger partial charge in [-0.1, -0.05) is 35.5 Å². The Bertz CT molecular complexity index is 1300. The van der Waals surface area contributed by atoms with Gasteiger partial charge in [0.25, 0.3) is 5.91 Å². The summed E-state index contributed by atoms with van der Waals surface area (Å²) in [6.07, 6.45) is 0.655. The summed E-state index contributed by atoms with van der Waals surface area (Å²) in [5, 5.41) is 4.07. The first-order valence-corrected chi connectivity index (χ1v) is 14.0. The van der Waals surface area contributed by atoms with Crippen molar-refractivity contribution in [2.75, 3.05) is 39.3 Å². The number of hydrogen-bond donors (Lipinski definition) is 0. The van der Waals surface area contributed by atoms with E-state index in [1.165, 1.54) is 16.4 Å². The van der Waals surface area contributed by atoms with Gasteiger partial charge in [0.15, 0.2) is 0 Å². The van der Waals surface area contributed by atoms with Gasteiger partial charge in [-0.05, 0) is 29.8 Å². The molecule has 0 radical (unpaired) electrons. The first kappa shape index (κ1) is 26.1. The van der Waals surface area contributed by atoms with Gasteiger partial charge < -0.3 is 19.4 Å². The molecule has 2 aromatic rings. The number of nitrogens with zero attached hydrogens (tertiary/aromatic N) is 4. The van der Waals surface area contributed by atoms with Crippen molar-refractivity contribution in [3.63, 3.8) is 0 Å². The molecular formula is C26H29FN4O6S. The van der Waals surface area contributed by atoms with Gasteiger partial charge in [0, 0.05) is 58.5 Å². The van der Waals surface area contributed by atoms with E-state index in [-0.39, 0.29) is 30.5 Å². The van der Waals surface area contributed by atoms with Crippen LogP contribution in [-0.2, 0) is 31.0 Å². The van der Waals surface area contributed by atoms with Crippen LogP contribution in [0.25, 0.3) is 0 Å². The highest BCUT2D eigenvalue weighted by Crippen LogP contribution is 2.36. The zero-order chi connectivity index (χ0) is 26.8. The molecule has 3 aliphatic heterocycles. The quantitative estimate of drug-likeness (QED) is 0.573. The summed E-state index contributed by atoms with van der Waals surface area (Å²) in [5.41, 5.74) is 0.491. The van der Waals surface area contributed by atoms with Crippen LogP contribution in [0.5, 0.6) is 0 Å². The normalized spacial score (nSPS) is 19.7. The summed E-state index contributed by atoms with van der Waals surface area (Å²) in [4.78, 5) is 34.5. The van der Waals surface area contributed by atoms with E-state index in [1.54, 1.807) is 9.80 Å². The Morgan fingerprint density at radius 3 is 2.21 bits per heavy atom. The van der Waals surface area contributed by atoms with Crippen LogP contribution in [0.15, 0.2) is 64.6 Å². The zero-order valence-electron chi connectivity index (χ0n) is 20.8. The number of amides is 2. The van der Waals surface area contributed by atoms with Gasteiger partial charge in [0.05, 0.1) is 4.90 Å². The Kier molecular flexibility index (Phi) is 7.35. The number of halogens is 1. The maximum atomic E-state index is 13.2. The van der Waals surface area contributed by atoms with E-state index in [1.807, 2.05) is 30.3 Å². The number of piperidine rings is 1. The monoisotopic (exact) mass is 544 g/mol. The van der Waals surface area contributed by atoms with Crippen LogP contribution in [0, 0.1) is 5.82 Å². The Morgan fingerprint density at radius 1 is 0.921 bits per heavy atom. The Morgan fingerprint density at radius 2 is 1.55 bits per heavy atom. The van der Waals surface area contributed by atoms with Crippen LogP contribution in [-0.4, -0.2) is 85.1 Å². The molecule has 0 aromatic heterocycles. The van der Waals surface area contributed by atoms with Gasteiger partial charge in [0.2, 0.25) is 10.0 Å². The molecule has 12 heteroatoms. The molecule has 3 heterocycles. The van der Waals surface area contributed by atoms with Gasteiger partial charge in [-0.3, -0.25) is 4.79 Å². The molecule has 1 spiro atoms. The fourth-order valence-electron chi connectivity index (χ4n) is 4.88. The zero-order valence-corrected chi connectivity index (χ0v) is 21.6. The third kappa shape index (κ3) is 5.51. The SMILES string of the molecule is O=C(OCc1ccccc1)N1CCN(C(=O)C2=NOC3(CCN(S(=O)(=O)c4ccc(F)cc4)CC3)C2)CC1. The third-order valence-electron chi connectivity index (χ3n) is 7.20. The minimum Gasteiger partial charge on any atom is -0.445 e. The van der Waals surface area contributed by atoms with Gasteiger partial charge in [0.1, 0.15) is 23.7 Å². The fraction of sp³-hybridized carbons (Fsp3) is 0.423. The van der Waals surface area contributed by atoms with Crippen LogP contribution in [0.4, 0.5) is 9.18 Å². The minimum absolute atomic E-state index is 0.0393. The molecule has 2 fully saturated rings. The highest BCUT2D eigenvalue weighted by Gasteiger charge is 2.46. The maximum Gasteiger partial charge on any atom is 0.410 e. The lowest BCUT2D eigenvalue weighted by molar-refractivity contribution is -0.125. The van der Waals surface area contributed by atoms with Gasteiger partial charge in [-0.15, -0.1) is 0 Å². The van der Waals surface area contributed by atoms with E-state index in [0.29, 0.717) is 51.2 Å². The number of hydrogen-bond acceptors (Lipinski definition) is 7. The second kappa shape index (κ2) is 10.7. The van der Waals surface area contributed by atoms with E-state index in [9.17, 15) is 22.4 Å². The second-order valence-electron chi connectivity index (χ2n) is 9.67. The van der Waals surface area contributed by atoms with Crippen molar-refractivity contribution in [1.82, 2.24) is 14.1 Å². The number of carbonyl (C=O) groups is 2. The molecule has 2 saturated heterocycles. The molecule has 0 N–H and O–H groups in total. The summed E-state index contributed by atoms with van der Waals surface area (Å²) in [7, 11) is -3.75. The average Bonchev–Trinajstić information content (AvgIpc) is 3.35. The van der Waals surface area contributed by atoms with Crippen LogP contribution in [0.2, 0.25) is 0 Å². The molecule has 10 nitrogen and oxygen atoms in total. The van der Waals surface area contributed by atoms with Crippen LogP contribution in [0.3, 0.4) is 0 Å². The van der Waals surface area contributed by atoms with E-state index >= 15 is 0 Å². The van der Waals surface area contributed by atoms with Crippen molar-refractivity contribution >= 4 is 27.7 Å². The Balaban J connectivity index is 1.09. The molecule has 0 unspecified atom stereocenters. The summed E-state index contributed by atoms with van der Waals surface area (Å²) < 4.78 is 45.7. The van der Waals surface area contributed by atoms with Crippen molar-refractivity contribution in [1.29, 1.82) is 0 Å². The van der Waals surface area contributed by atoms with E-state index < -0.39 is 27.5 Å². The van der Waals surface area contributed by atoms with Crippen molar-refractivity contribution in [3.8, 4) is 0 Å². The lowest BCUT2D eigenvalue weighted by Crippen LogP contribution is -2.52. The van der Waals surface area contributed by atoms with Crippen molar-refractivity contribution in [3.05, 3.63) is 66.0 Å². The number of oxime groups is 1. The number of piperazine rings is 1. The summed E-state index contributed by atoms with van der Waals surface area (Å²) in [5.74, 6) is -0.736. The van der Waals surface area contributed by atoms with E-state index in [2.05, 4.69) is 5.16 Å². The lowest BCUT2D eigenvalue weighted by Gasteiger charge is -2.36. The molecule has 202 valence electrons. The third-order valence-corrected chi connectivity index (χ3v) is 9.11. The highest BCUT2D eigenvalue weighted by molar-refractivity contribution is 7.89. The Hall–Kier alpha value is -3.51. The van der Waals surface area contributed by atoms with Gasteiger partial charge in [-0.2, -0.15) is 4.31 Å². The molecule has 2 amide bonds. The number of carbonyl (C=O) groups excluding carboxylic acids is 2. The lowest BCUT2D eigenvalue weighted by atomic mass is 9.87. The van der Waals surface area contributed by atoms with Crippen molar-refractivity contribution in [2.45, 2.75) is 36.4 Å². The van der Waals surface area contributed by atoms with E-state index in [0.717, 1.165) is 17.7 Å². The van der Waals surface area contributed by atoms with Gasteiger partial charge in [-0.25, -0.2) is 17.6 Å². The van der Waals surface area contributed by atoms with Gasteiger partial charge >= 0.3 is 6.09 Å². The number of rotatable bonds is 5. The Labute approximate surface area is 220 Å². The highest BCUT2D eigenvalue weighted by atomic mass is 32.2. The molecule has 0 aliphatic carbocycles. The first-order chi connectivity index (χ1) is 18.3. The van der Waals surface area contributed by atoms with Crippen LogP contribution >= 0.6 is 0 Å². The maximum absolute atomic E-state index is 13.2. The predicted molar refractivity (Wildman–Crippen MR) is 135 cm³/mol. The van der Waals surface area contributed by atoms with Crippen molar-refractivity contribution in [2.24, 2.45) is 5.16 Å². The smallest absolute Gasteiger partial charge is 0.410 e. The summed E-state index contributed by atoms with van der Waals surface area (Å²) in [6.45, 7) is 2.03. The topological polar surface area (TPSA) is 109 Å². The number of benzene rings is 2. The van der Waals surface area contributed by atoms with Crippen LogP contribution < -0.4 is 0 Å². The molecule has 2 aromatic carbocycles. The van der Waals surface area contributed by atoms with E-state index in [4.69, 9.17) is 9.57 Å². The molecular weight excluding hydrogens is 515 g/mol. The molecule has 3 aliphatic rings. The average molecular weight is 545 g/mol. The predicted octanol–water partition coefficient (Wildman–Crippen LogP) is 2.61. The molecule has 5 rings (SSSR count). The minimum atomic E-state index is -3.75. The summed E-state index contributed by atoms with van der Waals surface area (Å²) >= 11 is 0. The molecule has 0 atom stereocenters. The molecule has 0 saturated carbocycles.